The maximum atomic E-state index is 11.1. The second-order valence-electron chi connectivity index (χ2n) is 4.82. The Labute approximate surface area is 116 Å². The average molecular weight is 283 g/mol. The number of rotatable bonds is 4. The van der Waals surface area contributed by atoms with Crippen molar-refractivity contribution < 1.29 is 14.7 Å². The molecule has 1 amide bonds. The highest BCUT2D eigenvalue weighted by Gasteiger charge is 2.34. The van der Waals surface area contributed by atoms with Crippen molar-refractivity contribution in [2.75, 3.05) is 18.0 Å². The maximum absolute atomic E-state index is 11.1. The van der Waals surface area contributed by atoms with Crippen LogP contribution in [0.5, 0.6) is 0 Å². The van der Waals surface area contributed by atoms with Crippen molar-refractivity contribution in [2.45, 2.75) is 6.92 Å². The van der Waals surface area contributed by atoms with E-state index in [0.29, 0.717) is 23.7 Å². The van der Waals surface area contributed by atoms with Gasteiger partial charge in [-0.15, -0.1) is 0 Å². The highest BCUT2D eigenvalue weighted by atomic mass is 35.5. The van der Waals surface area contributed by atoms with Crippen molar-refractivity contribution in [1.29, 1.82) is 0 Å². The van der Waals surface area contributed by atoms with Crippen LogP contribution < -0.4 is 10.6 Å². The quantitative estimate of drug-likeness (QED) is 0.878. The largest absolute Gasteiger partial charge is 0.481 e. The Morgan fingerprint density at radius 1 is 1.47 bits per heavy atom. The zero-order valence-corrected chi connectivity index (χ0v) is 11.2. The number of hydrogen-bond donors (Lipinski definition) is 2. The number of nitrogens with two attached hydrogens (primary N) is 1. The number of aliphatic carboxylic acids is 1. The van der Waals surface area contributed by atoms with E-state index in [1.807, 2.05) is 4.90 Å². The number of carbonyl (C=O) groups excluding carboxylic acids is 1. The van der Waals surface area contributed by atoms with Gasteiger partial charge in [-0.25, -0.2) is 0 Å². The number of halogens is 1. The monoisotopic (exact) mass is 282 g/mol. The van der Waals surface area contributed by atoms with Gasteiger partial charge >= 0.3 is 5.97 Å². The van der Waals surface area contributed by atoms with Crippen molar-refractivity contribution in [1.82, 2.24) is 0 Å². The first-order valence-electron chi connectivity index (χ1n) is 5.97. The fraction of sp³-hybridized carbons (Fsp3) is 0.385. The fourth-order valence-electron chi connectivity index (χ4n) is 2.14. The summed E-state index contributed by atoms with van der Waals surface area (Å²) >= 11 is 5.98. The first kappa shape index (κ1) is 13.7. The molecule has 0 bridgehead atoms. The predicted octanol–water partition coefficient (Wildman–Crippen LogP) is 1.60. The summed E-state index contributed by atoms with van der Waals surface area (Å²) in [7, 11) is 0. The summed E-state index contributed by atoms with van der Waals surface area (Å²) in [4.78, 5) is 23.9. The summed E-state index contributed by atoms with van der Waals surface area (Å²) in [6, 6.07) is 5.05. The molecule has 0 radical (unpaired) electrons. The molecule has 5 nitrogen and oxygen atoms in total. The van der Waals surface area contributed by atoms with Crippen molar-refractivity contribution in [3.05, 3.63) is 28.8 Å². The highest BCUT2D eigenvalue weighted by molar-refractivity contribution is 6.34. The maximum Gasteiger partial charge on any atom is 0.306 e. The molecule has 0 spiro atoms. The summed E-state index contributed by atoms with van der Waals surface area (Å²) in [6.45, 7) is 3.08. The van der Waals surface area contributed by atoms with E-state index in [2.05, 4.69) is 0 Å². The predicted molar refractivity (Wildman–Crippen MR) is 72.5 cm³/mol. The summed E-state index contributed by atoms with van der Waals surface area (Å²) in [5, 5.41) is 9.24. The first-order chi connectivity index (χ1) is 8.90. The zero-order chi connectivity index (χ0) is 14.2. The lowest BCUT2D eigenvalue weighted by Gasteiger charge is -2.43. The normalized spacial score (nSPS) is 16.8. The van der Waals surface area contributed by atoms with Crippen LogP contribution in [0.1, 0.15) is 17.3 Å². The Balaban J connectivity index is 2.04. The van der Waals surface area contributed by atoms with E-state index in [4.69, 9.17) is 22.4 Å². The highest BCUT2D eigenvalue weighted by Crippen LogP contribution is 2.31. The molecular formula is C13H15ClN2O3. The number of carboxylic acid groups (broad SMARTS) is 1. The van der Waals surface area contributed by atoms with Crippen LogP contribution in [0.2, 0.25) is 5.02 Å². The fourth-order valence-corrected chi connectivity index (χ4v) is 2.41. The molecule has 1 fully saturated rings. The molecule has 1 atom stereocenters. The minimum atomic E-state index is -0.772. The molecule has 19 heavy (non-hydrogen) atoms. The third kappa shape index (κ3) is 2.66. The van der Waals surface area contributed by atoms with Crippen LogP contribution in [-0.4, -0.2) is 30.1 Å². The molecule has 102 valence electrons. The number of carbonyl (C=O) groups is 2. The molecule has 0 saturated carbocycles. The van der Waals surface area contributed by atoms with Crippen LogP contribution in [0, 0.1) is 11.8 Å². The van der Waals surface area contributed by atoms with Crippen LogP contribution in [-0.2, 0) is 4.79 Å². The van der Waals surface area contributed by atoms with E-state index < -0.39 is 11.9 Å². The van der Waals surface area contributed by atoms with Crippen LogP contribution >= 0.6 is 11.6 Å². The van der Waals surface area contributed by atoms with Gasteiger partial charge in [-0.3, -0.25) is 9.59 Å². The van der Waals surface area contributed by atoms with E-state index >= 15 is 0 Å². The Kier molecular flexibility index (Phi) is 3.66. The summed E-state index contributed by atoms with van der Waals surface area (Å²) in [6.07, 6.45) is 0. The topological polar surface area (TPSA) is 83.6 Å². The lowest BCUT2D eigenvalue weighted by molar-refractivity contribution is -0.143. The summed E-state index contributed by atoms with van der Waals surface area (Å²) in [5.74, 6) is -1.53. The van der Waals surface area contributed by atoms with E-state index in [-0.39, 0.29) is 11.8 Å². The van der Waals surface area contributed by atoms with E-state index in [1.54, 1.807) is 25.1 Å². The minimum absolute atomic E-state index is 0.145. The van der Waals surface area contributed by atoms with Gasteiger partial charge in [0.25, 0.3) is 0 Å². The number of primary amides is 1. The SMILES string of the molecule is CC(C(=O)O)C1CN(c2ccc(C(N)=O)c(Cl)c2)C1. The van der Waals surface area contributed by atoms with E-state index in [9.17, 15) is 9.59 Å². The molecule has 0 aliphatic carbocycles. The molecule has 3 N–H and O–H groups in total. The van der Waals surface area contributed by atoms with Gasteiger partial charge in [-0.05, 0) is 18.2 Å². The molecule has 1 aromatic carbocycles. The number of benzene rings is 1. The van der Waals surface area contributed by atoms with Gasteiger partial charge in [0.2, 0.25) is 5.91 Å². The second kappa shape index (κ2) is 5.09. The molecule has 1 unspecified atom stereocenters. The number of nitrogens with zero attached hydrogens (tertiary/aromatic N) is 1. The van der Waals surface area contributed by atoms with Gasteiger partial charge < -0.3 is 15.7 Å². The van der Waals surface area contributed by atoms with E-state index in [0.717, 1.165) is 5.69 Å². The van der Waals surface area contributed by atoms with Crippen molar-refractivity contribution >= 4 is 29.2 Å². The molecule has 6 heteroatoms. The lowest BCUT2D eigenvalue weighted by Crippen LogP contribution is -2.51. The Morgan fingerprint density at radius 2 is 2.11 bits per heavy atom. The molecule has 1 heterocycles. The van der Waals surface area contributed by atoms with Gasteiger partial charge in [0.05, 0.1) is 16.5 Å². The van der Waals surface area contributed by atoms with Crippen molar-refractivity contribution in [3.63, 3.8) is 0 Å². The van der Waals surface area contributed by atoms with Gasteiger partial charge in [-0.2, -0.15) is 0 Å². The zero-order valence-electron chi connectivity index (χ0n) is 10.5. The van der Waals surface area contributed by atoms with Gasteiger partial charge in [0.15, 0.2) is 0 Å². The van der Waals surface area contributed by atoms with Crippen LogP contribution in [0.4, 0.5) is 5.69 Å². The third-order valence-electron chi connectivity index (χ3n) is 3.59. The van der Waals surface area contributed by atoms with E-state index in [1.165, 1.54) is 0 Å². The number of hydrogen-bond acceptors (Lipinski definition) is 3. The smallest absolute Gasteiger partial charge is 0.306 e. The molecule has 1 aliphatic rings. The minimum Gasteiger partial charge on any atom is -0.481 e. The number of anilines is 1. The van der Waals surface area contributed by atoms with Crippen LogP contribution in [0.3, 0.4) is 0 Å². The third-order valence-corrected chi connectivity index (χ3v) is 3.90. The molecule has 2 rings (SSSR count). The van der Waals surface area contributed by atoms with Gasteiger partial charge in [-0.1, -0.05) is 18.5 Å². The van der Waals surface area contributed by atoms with Crippen LogP contribution in [0.15, 0.2) is 18.2 Å². The number of carboxylic acids is 1. The molecule has 0 aromatic heterocycles. The molecule has 1 saturated heterocycles. The molecular weight excluding hydrogens is 268 g/mol. The Hall–Kier alpha value is -1.75. The molecule has 1 aliphatic heterocycles. The standard InChI is InChI=1S/C13H15ClN2O3/c1-7(13(18)19)8-5-16(6-8)9-2-3-10(12(15)17)11(14)4-9/h2-4,7-8H,5-6H2,1H3,(H2,15,17)(H,18,19). The van der Waals surface area contributed by atoms with Crippen LogP contribution in [0.25, 0.3) is 0 Å². The molecule has 1 aromatic rings. The lowest BCUT2D eigenvalue weighted by atomic mass is 9.86. The van der Waals surface area contributed by atoms with Gasteiger partial charge in [0.1, 0.15) is 0 Å². The summed E-state index contributed by atoms with van der Waals surface area (Å²) < 4.78 is 0. The van der Waals surface area contributed by atoms with Gasteiger partial charge in [0, 0.05) is 24.7 Å². The Morgan fingerprint density at radius 3 is 2.58 bits per heavy atom. The summed E-state index contributed by atoms with van der Waals surface area (Å²) in [5.41, 5.74) is 6.35. The van der Waals surface area contributed by atoms with Crippen molar-refractivity contribution in [3.8, 4) is 0 Å². The second-order valence-corrected chi connectivity index (χ2v) is 5.23. The Bertz CT molecular complexity index is 527. The average Bonchev–Trinajstić information content (AvgIpc) is 2.26. The first-order valence-corrected chi connectivity index (χ1v) is 6.35. The van der Waals surface area contributed by atoms with Crippen molar-refractivity contribution in [2.24, 2.45) is 17.6 Å². The number of amides is 1.